The number of aromatic nitrogens is 4. The van der Waals surface area contributed by atoms with Crippen LogP contribution in [0, 0.1) is 0 Å². The molecule has 0 unspecified atom stereocenters. The van der Waals surface area contributed by atoms with E-state index < -0.39 is 0 Å². The van der Waals surface area contributed by atoms with Crippen molar-refractivity contribution in [1.29, 1.82) is 0 Å². The second kappa shape index (κ2) is 12.2. The summed E-state index contributed by atoms with van der Waals surface area (Å²) in [7, 11) is 0. The Morgan fingerprint density at radius 1 is 0.356 bits per heavy atom. The summed E-state index contributed by atoms with van der Waals surface area (Å²) in [5, 5.41) is 11.3. The number of benzene rings is 9. The lowest BCUT2D eigenvalue weighted by atomic mass is 10.0. The number of rotatable bonds is 4. The van der Waals surface area contributed by atoms with Crippen molar-refractivity contribution in [3.63, 3.8) is 0 Å². The molecule has 274 valence electrons. The molecular weight excluding hydrogens is 725 g/mol. The van der Waals surface area contributed by atoms with E-state index in [1.54, 1.807) is 0 Å². The SMILES string of the molecule is c1ccc(-c2nc(-c3ccc4c(ccc5oc6cc(-n7c8ccccc8c8cc9ccccc9cc87)ccc6c54)c3)nc(-c3cccc4c3oc3ccccc34)n2)cc1. The minimum Gasteiger partial charge on any atom is -0.456 e. The summed E-state index contributed by atoms with van der Waals surface area (Å²) < 4.78 is 15.4. The van der Waals surface area contributed by atoms with Crippen LogP contribution in [0.25, 0.3) is 127 Å². The smallest absolute Gasteiger partial charge is 0.167 e. The Kier molecular flexibility index (Phi) is 6.63. The molecule has 0 bridgehead atoms. The summed E-state index contributed by atoms with van der Waals surface area (Å²) in [6.07, 6.45) is 0. The van der Waals surface area contributed by atoms with Crippen LogP contribution >= 0.6 is 0 Å². The third kappa shape index (κ3) is 4.84. The average molecular weight is 755 g/mol. The summed E-state index contributed by atoms with van der Waals surface area (Å²) in [5.41, 5.74) is 9.29. The fourth-order valence-electron chi connectivity index (χ4n) is 9.07. The molecule has 4 heterocycles. The first kappa shape index (κ1) is 32.0. The highest BCUT2D eigenvalue weighted by Gasteiger charge is 2.20. The molecule has 0 aliphatic carbocycles. The first-order chi connectivity index (χ1) is 29.2. The van der Waals surface area contributed by atoms with E-state index in [1.807, 2.05) is 60.7 Å². The van der Waals surface area contributed by atoms with Gasteiger partial charge in [0.1, 0.15) is 22.3 Å². The summed E-state index contributed by atoms with van der Waals surface area (Å²) in [6, 6.07) is 63.3. The molecular formula is C53H30N4O2. The van der Waals surface area contributed by atoms with Gasteiger partial charge in [0, 0.05) is 55.2 Å². The van der Waals surface area contributed by atoms with Gasteiger partial charge >= 0.3 is 0 Å². The van der Waals surface area contributed by atoms with E-state index >= 15 is 0 Å². The van der Waals surface area contributed by atoms with Crippen LogP contribution in [0.3, 0.4) is 0 Å². The molecule has 9 aromatic carbocycles. The van der Waals surface area contributed by atoms with Crippen LogP contribution in [-0.2, 0) is 0 Å². The van der Waals surface area contributed by atoms with Crippen molar-refractivity contribution in [2.24, 2.45) is 0 Å². The van der Waals surface area contributed by atoms with Crippen molar-refractivity contribution in [2.45, 2.75) is 0 Å². The van der Waals surface area contributed by atoms with Crippen LogP contribution in [0.15, 0.2) is 191 Å². The summed E-state index contributed by atoms with van der Waals surface area (Å²) in [4.78, 5) is 15.2. The standard InChI is InChI=1S/C53H30N4O2/c1-2-11-31(12-3-1)51-54-52(56-53(55-51)42-18-10-17-40-39-16-7-9-20-46(39)59-50(40)42)35-21-24-37-34(27-35)22-26-47-49(37)41-25-23-36(30-48(41)58-47)57-44-19-8-6-15-38(44)43-28-32-13-4-5-14-33(32)29-45(43)57/h1-30H. The number of furan rings is 2. The molecule has 13 rings (SSSR count). The predicted octanol–water partition coefficient (Wildman–Crippen LogP) is 14.1. The number of hydrogen-bond acceptors (Lipinski definition) is 5. The van der Waals surface area contributed by atoms with E-state index in [4.69, 9.17) is 23.8 Å². The zero-order chi connectivity index (χ0) is 38.6. The van der Waals surface area contributed by atoms with Crippen molar-refractivity contribution in [3.8, 4) is 39.9 Å². The lowest BCUT2D eigenvalue weighted by Gasteiger charge is -2.10. The van der Waals surface area contributed by atoms with Crippen LogP contribution in [0.1, 0.15) is 0 Å². The highest BCUT2D eigenvalue weighted by Crippen LogP contribution is 2.40. The Morgan fingerprint density at radius 3 is 1.98 bits per heavy atom. The van der Waals surface area contributed by atoms with Crippen molar-refractivity contribution < 1.29 is 8.83 Å². The normalized spacial score (nSPS) is 12.1. The van der Waals surface area contributed by atoms with E-state index in [1.165, 1.54) is 27.1 Å². The van der Waals surface area contributed by atoms with Crippen LogP contribution in [0.2, 0.25) is 0 Å². The van der Waals surface area contributed by atoms with Gasteiger partial charge in [-0.25, -0.2) is 15.0 Å². The van der Waals surface area contributed by atoms with Gasteiger partial charge in [-0.1, -0.05) is 121 Å². The van der Waals surface area contributed by atoms with Gasteiger partial charge in [0.05, 0.1) is 16.6 Å². The van der Waals surface area contributed by atoms with E-state index in [0.29, 0.717) is 17.5 Å². The summed E-state index contributed by atoms with van der Waals surface area (Å²) >= 11 is 0. The molecule has 0 N–H and O–H groups in total. The maximum atomic E-state index is 6.64. The highest BCUT2D eigenvalue weighted by atomic mass is 16.3. The lowest BCUT2D eigenvalue weighted by molar-refractivity contribution is 0.668. The second-order valence-corrected chi connectivity index (χ2v) is 15.2. The van der Waals surface area contributed by atoms with Crippen LogP contribution in [0.4, 0.5) is 0 Å². The number of fused-ring (bicyclic) bond motifs is 12. The topological polar surface area (TPSA) is 69.9 Å². The van der Waals surface area contributed by atoms with Gasteiger partial charge in [0.2, 0.25) is 0 Å². The van der Waals surface area contributed by atoms with E-state index in [9.17, 15) is 0 Å². The van der Waals surface area contributed by atoms with E-state index in [0.717, 1.165) is 82.5 Å². The van der Waals surface area contributed by atoms with Crippen molar-refractivity contribution in [2.75, 3.05) is 0 Å². The fraction of sp³-hybridized carbons (Fsp3) is 0. The molecule has 0 fully saturated rings. The van der Waals surface area contributed by atoms with Gasteiger partial charge in [-0.15, -0.1) is 0 Å². The number of hydrogen-bond donors (Lipinski definition) is 0. The monoisotopic (exact) mass is 754 g/mol. The van der Waals surface area contributed by atoms with Crippen LogP contribution in [-0.4, -0.2) is 19.5 Å². The Morgan fingerprint density at radius 2 is 1.08 bits per heavy atom. The quantitative estimate of drug-likeness (QED) is 0.179. The zero-order valence-corrected chi connectivity index (χ0v) is 31.4. The molecule has 0 amide bonds. The molecule has 0 spiro atoms. The Hall–Kier alpha value is -8.09. The van der Waals surface area contributed by atoms with Gasteiger partial charge in [0.15, 0.2) is 17.5 Å². The highest BCUT2D eigenvalue weighted by molar-refractivity contribution is 6.20. The molecule has 0 aliphatic heterocycles. The van der Waals surface area contributed by atoms with Gasteiger partial charge in [0.25, 0.3) is 0 Å². The maximum Gasteiger partial charge on any atom is 0.167 e. The predicted molar refractivity (Wildman–Crippen MR) is 240 cm³/mol. The van der Waals surface area contributed by atoms with Gasteiger partial charge in [-0.05, 0) is 76.1 Å². The average Bonchev–Trinajstić information content (AvgIpc) is 3.97. The molecule has 0 saturated heterocycles. The van der Waals surface area contributed by atoms with Crippen molar-refractivity contribution in [3.05, 3.63) is 182 Å². The van der Waals surface area contributed by atoms with Crippen LogP contribution in [0.5, 0.6) is 0 Å². The third-order valence-corrected chi connectivity index (χ3v) is 11.8. The maximum absolute atomic E-state index is 6.64. The minimum atomic E-state index is 0.558. The third-order valence-electron chi connectivity index (χ3n) is 11.8. The second-order valence-electron chi connectivity index (χ2n) is 15.2. The van der Waals surface area contributed by atoms with E-state index in [-0.39, 0.29) is 0 Å². The molecule has 0 atom stereocenters. The Labute approximate surface area is 336 Å². The molecule has 13 aromatic rings. The first-order valence-corrected chi connectivity index (χ1v) is 19.8. The Balaban J connectivity index is 0.962. The van der Waals surface area contributed by atoms with Gasteiger partial charge in [-0.2, -0.15) is 0 Å². The summed E-state index contributed by atoms with van der Waals surface area (Å²) in [6.45, 7) is 0. The largest absolute Gasteiger partial charge is 0.456 e. The fourth-order valence-corrected chi connectivity index (χ4v) is 9.07. The van der Waals surface area contributed by atoms with Gasteiger partial charge < -0.3 is 13.4 Å². The Bertz CT molecular complexity index is 3860. The van der Waals surface area contributed by atoms with Crippen molar-refractivity contribution >= 4 is 87.2 Å². The molecule has 6 nitrogen and oxygen atoms in total. The lowest BCUT2D eigenvalue weighted by Crippen LogP contribution is -2.00. The zero-order valence-electron chi connectivity index (χ0n) is 31.4. The minimum absolute atomic E-state index is 0.558. The molecule has 6 heteroatoms. The first-order valence-electron chi connectivity index (χ1n) is 19.8. The van der Waals surface area contributed by atoms with Crippen molar-refractivity contribution in [1.82, 2.24) is 19.5 Å². The molecule has 59 heavy (non-hydrogen) atoms. The number of nitrogens with zero attached hydrogens (tertiary/aromatic N) is 4. The molecule has 0 aliphatic rings. The van der Waals surface area contributed by atoms with Crippen LogP contribution < -0.4 is 0 Å². The van der Waals surface area contributed by atoms with Gasteiger partial charge in [-0.3, -0.25) is 0 Å². The number of para-hydroxylation sites is 3. The van der Waals surface area contributed by atoms with E-state index in [2.05, 4.69) is 126 Å². The molecule has 0 radical (unpaired) electrons. The molecule has 4 aromatic heterocycles. The molecule has 0 saturated carbocycles. The summed E-state index contributed by atoms with van der Waals surface area (Å²) in [5.74, 6) is 1.74.